The zero-order valence-corrected chi connectivity index (χ0v) is 13.0. The standard InChI is InChI=1S/C21H16F2O/c22-15-11-14(12-16(23)13-15)18-7-4-8-20-19(18)9-10-21(20)24-17-5-2-1-3-6-17/h1-8,11-13,21H,9-10H2/t21-/m1/s1. The summed E-state index contributed by atoms with van der Waals surface area (Å²) in [6, 6.07) is 19.2. The van der Waals surface area contributed by atoms with Gasteiger partial charge in [-0.25, -0.2) is 8.78 Å². The van der Waals surface area contributed by atoms with Crippen LogP contribution in [0.2, 0.25) is 0 Å². The van der Waals surface area contributed by atoms with Crippen molar-refractivity contribution in [1.29, 1.82) is 0 Å². The van der Waals surface area contributed by atoms with E-state index in [1.807, 2.05) is 48.5 Å². The van der Waals surface area contributed by atoms with Crippen molar-refractivity contribution in [3.63, 3.8) is 0 Å². The minimum absolute atomic E-state index is 0.0271. The zero-order valence-electron chi connectivity index (χ0n) is 13.0. The van der Waals surface area contributed by atoms with Crippen LogP contribution in [-0.2, 0) is 6.42 Å². The van der Waals surface area contributed by atoms with Crippen LogP contribution in [-0.4, -0.2) is 0 Å². The molecule has 1 nitrogen and oxygen atoms in total. The molecule has 4 rings (SSSR count). The number of hydrogen-bond acceptors (Lipinski definition) is 1. The Kier molecular flexibility index (Phi) is 3.77. The van der Waals surface area contributed by atoms with Gasteiger partial charge in [-0.3, -0.25) is 0 Å². The highest BCUT2D eigenvalue weighted by Crippen LogP contribution is 2.40. The van der Waals surface area contributed by atoms with Gasteiger partial charge in [-0.05, 0) is 59.4 Å². The Hall–Kier alpha value is -2.68. The van der Waals surface area contributed by atoms with Gasteiger partial charge >= 0.3 is 0 Å². The number of para-hydroxylation sites is 1. The molecule has 0 amide bonds. The predicted molar refractivity (Wildman–Crippen MR) is 89.9 cm³/mol. The van der Waals surface area contributed by atoms with Crippen LogP contribution in [0.4, 0.5) is 8.78 Å². The Morgan fingerprint density at radius 3 is 2.33 bits per heavy atom. The zero-order chi connectivity index (χ0) is 16.5. The van der Waals surface area contributed by atoms with E-state index in [2.05, 4.69) is 0 Å². The second-order valence-electron chi connectivity index (χ2n) is 5.99. The third-order valence-corrected chi connectivity index (χ3v) is 4.41. The molecule has 0 heterocycles. The van der Waals surface area contributed by atoms with E-state index in [0.717, 1.165) is 41.3 Å². The second kappa shape index (κ2) is 6.08. The fourth-order valence-corrected chi connectivity index (χ4v) is 3.38. The Labute approximate surface area is 139 Å². The SMILES string of the molecule is Fc1cc(F)cc(-c2cccc3c2CC[C@H]3Oc2ccccc2)c1. The molecule has 0 fully saturated rings. The fourth-order valence-electron chi connectivity index (χ4n) is 3.38. The van der Waals surface area contributed by atoms with Gasteiger partial charge in [0, 0.05) is 6.07 Å². The van der Waals surface area contributed by atoms with Gasteiger partial charge in [-0.1, -0.05) is 36.4 Å². The molecule has 24 heavy (non-hydrogen) atoms. The maximum Gasteiger partial charge on any atom is 0.126 e. The van der Waals surface area contributed by atoms with Gasteiger partial charge in [0.1, 0.15) is 23.5 Å². The summed E-state index contributed by atoms with van der Waals surface area (Å²) in [5, 5.41) is 0. The van der Waals surface area contributed by atoms with Crippen molar-refractivity contribution in [1.82, 2.24) is 0 Å². The first-order valence-electron chi connectivity index (χ1n) is 8.01. The van der Waals surface area contributed by atoms with E-state index in [9.17, 15) is 8.78 Å². The number of halogens is 2. The number of ether oxygens (including phenoxy) is 1. The Bertz CT molecular complexity index is 854. The van der Waals surface area contributed by atoms with Gasteiger partial charge < -0.3 is 4.74 Å². The van der Waals surface area contributed by atoms with Crippen LogP contribution < -0.4 is 4.74 Å². The quantitative estimate of drug-likeness (QED) is 0.601. The van der Waals surface area contributed by atoms with Gasteiger partial charge in [0.25, 0.3) is 0 Å². The Morgan fingerprint density at radius 2 is 1.58 bits per heavy atom. The highest BCUT2D eigenvalue weighted by Gasteiger charge is 2.26. The van der Waals surface area contributed by atoms with Crippen molar-refractivity contribution in [2.24, 2.45) is 0 Å². The molecule has 3 aromatic carbocycles. The van der Waals surface area contributed by atoms with Crippen molar-refractivity contribution in [3.05, 3.63) is 89.5 Å². The summed E-state index contributed by atoms with van der Waals surface area (Å²) in [6.45, 7) is 0. The summed E-state index contributed by atoms with van der Waals surface area (Å²) in [7, 11) is 0. The van der Waals surface area contributed by atoms with Crippen LogP contribution >= 0.6 is 0 Å². The van der Waals surface area contributed by atoms with Gasteiger partial charge in [-0.15, -0.1) is 0 Å². The summed E-state index contributed by atoms with van der Waals surface area (Å²) < 4.78 is 33.2. The minimum atomic E-state index is -0.558. The lowest BCUT2D eigenvalue weighted by Crippen LogP contribution is -2.03. The Balaban J connectivity index is 1.71. The lowest BCUT2D eigenvalue weighted by Gasteiger charge is -2.16. The molecule has 0 aliphatic heterocycles. The summed E-state index contributed by atoms with van der Waals surface area (Å²) >= 11 is 0. The van der Waals surface area contributed by atoms with Crippen LogP contribution in [0, 0.1) is 11.6 Å². The van der Waals surface area contributed by atoms with E-state index >= 15 is 0 Å². The molecule has 3 aromatic rings. The number of benzene rings is 3. The highest BCUT2D eigenvalue weighted by atomic mass is 19.1. The number of rotatable bonds is 3. The summed E-state index contributed by atoms with van der Waals surface area (Å²) in [6.07, 6.45) is 1.67. The maximum absolute atomic E-state index is 13.6. The van der Waals surface area contributed by atoms with Gasteiger partial charge in [0.2, 0.25) is 0 Å². The molecule has 0 bridgehead atoms. The molecule has 1 aliphatic rings. The molecule has 0 saturated heterocycles. The molecule has 0 radical (unpaired) electrons. The van der Waals surface area contributed by atoms with Crippen molar-refractivity contribution in [2.75, 3.05) is 0 Å². The minimum Gasteiger partial charge on any atom is -0.486 e. The van der Waals surface area contributed by atoms with Crippen molar-refractivity contribution < 1.29 is 13.5 Å². The lowest BCUT2D eigenvalue weighted by atomic mass is 9.96. The molecule has 1 atom stereocenters. The number of hydrogen-bond donors (Lipinski definition) is 0. The van der Waals surface area contributed by atoms with Crippen LogP contribution in [0.5, 0.6) is 5.75 Å². The summed E-state index contributed by atoms with van der Waals surface area (Å²) in [4.78, 5) is 0. The van der Waals surface area contributed by atoms with Crippen molar-refractivity contribution in [3.8, 4) is 16.9 Å². The first-order chi connectivity index (χ1) is 11.7. The molecule has 0 spiro atoms. The summed E-state index contributed by atoms with van der Waals surface area (Å²) in [5.41, 5.74) is 3.67. The largest absolute Gasteiger partial charge is 0.486 e. The topological polar surface area (TPSA) is 9.23 Å². The molecule has 0 unspecified atom stereocenters. The van der Waals surface area contributed by atoms with Gasteiger partial charge in [-0.2, -0.15) is 0 Å². The van der Waals surface area contributed by atoms with E-state index < -0.39 is 11.6 Å². The van der Waals surface area contributed by atoms with Crippen molar-refractivity contribution in [2.45, 2.75) is 18.9 Å². The Morgan fingerprint density at radius 1 is 0.833 bits per heavy atom. The second-order valence-corrected chi connectivity index (χ2v) is 5.99. The van der Waals surface area contributed by atoms with E-state index in [0.29, 0.717) is 5.56 Å². The van der Waals surface area contributed by atoms with Crippen LogP contribution in [0.3, 0.4) is 0 Å². The average molecular weight is 322 g/mol. The van der Waals surface area contributed by atoms with Crippen LogP contribution in [0.1, 0.15) is 23.7 Å². The summed E-state index contributed by atoms with van der Waals surface area (Å²) in [5.74, 6) is -0.284. The van der Waals surface area contributed by atoms with Crippen LogP contribution in [0.15, 0.2) is 66.7 Å². The third-order valence-electron chi connectivity index (χ3n) is 4.41. The van der Waals surface area contributed by atoms with E-state index in [-0.39, 0.29) is 6.10 Å². The van der Waals surface area contributed by atoms with E-state index in [1.165, 1.54) is 12.1 Å². The molecular weight excluding hydrogens is 306 g/mol. The number of fused-ring (bicyclic) bond motifs is 1. The third kappa shape index (κ3) is 2.78. The molecule has 0 aromatic heterocycles. The smallest absolute Gasteiger partial charge is 0.126 e. The van der Waals surface area contributed by atoms with E-state index in [4.69, 9.17) is 4.74 Å². The normalized spacial score (nSPS) is 16.0. The maximum atomic E-state index is 13.6. The highest BCUT2D eigenvalue weighted by molar-refractivity contribution is 5.70. The molecule has 3 heteroatoms. The molecule has 1 aliphatic carbocycles. The van der Waals surface area contributed by atoms with Crippen molar-refractivity contribution >= 4 is 0 Å². The van der Waals surface area contributed by atoms with Gasteiger partial charge in [0.05, 0.1) is 0 Å². The molecule has 0 N–H and O–H groups in total. The fraction of sp³-hybridized carbons (Fsp3) is 0.143. The van der Waals surface area contributed by atoms with Crippen LogP contribution in [0.25, 0.3) is 11.1 Å². The average Bonchev–Trinajstić information content (AvgIpc) is 2.98. The van der Waals surface area contributed by atoms with E-state index in [1.54, 1.807) is 0 Å². The molecule has 120 valence electrons. The van der Waals surface area contributed by atoms with Gasteiger partial charge in [0.15, 0.2) is 0 Å². The first kappa shape index (κ1) is 14.9. The lowest BCUT2D eigenvalue weighted by molar-refractivity contribution is 0.207. The predicted octanol–water partition coefficient (Wildman–Crippen LogP) is 5.70. The first-order valence-corrected chi connectivity index (χ1v) is 8.01. The monoisotopic (exact) mass is 322 g/mol. The molecule has 0 saturated carbocycles. The molecular formula is C21H16F2O.